The van der Waals surface area contributed by atoms with Gasteiger partial charge in [-0.2, -0.15) is 0 Å². The van der Waals surface area contributed by atoms with E-state index in [1.54, 1.807) is 6.08 Å². The molecule has 0 radical (unpaired) electrons. The van der Waals surface area contributed by atoms with Gasteiger partial charge in [-0.25, -0.2) is 0 Å². The topological polar surface area (TPSA) is 71.7 Å². The van der Waals surface area contributed by atoms with Crippen molar-refractivity contribution in [2.75, 3.05) is 13.1 Å². The Morgan fingerprint density at radius 1 is 1.11 bits per heavy atom. The third-order valence-corrected chi connectivity index (χ3v) is 3.91. The third-order valence-electron chi connectivity index (χ3n) is 3.91. The first-order chi connectivity index (χ1) is 13.2. The molecular formula is C22H26N2O3. The first kappa shape index (κ1) is 20.5. The van der Waals surface area contributed by atoms with Gasteiger partial charge < -0.3 is 9.73 Å². The molecule has 1 heterocycles. The zero-order valence-electron chi connectivity index (χ0n) is 16.1. The summed E-state index contributed by atoms with van der Waals surface area (Å²) >= 11 is 0. The maximum atomic E-state index is 12.7. The van der Waals surface area contributed by atoms with Crippen LogP contribution < -0.4 is 21.4 Å². The summed E-state index contributed by atoms with van der Waals surface area (Å²) in [4.78, 5) is 23.9. The molecule has 1 aromatic carbocycles. The molecule has 0 aliphatic heterocycles. The minimum atomic E-state index is -0.171. The lowest BCUT2D eigenvalue weighted by molar-refractivity contribution is 0.521. The Balaban J connectivity index is 0.000000817. The number of fused-ring (bicyclic) bond motifs is 1. The van der Waals surface area contributed by atoms with Gasteiger partial charge >= 0.3 is 0 Å². The Bertz CT molecular complexity index is 973. The lowest BCUT2D eigenvalue weighted by Crippen LogP contribution is -2.42. The highest BCUT2D eigenvalue weighted by molar-refractivity contribution is 5.67. The Kier molecular flexibility index (Phi) is 7.89. The Hall–Kier alpha value is -2.79. The molecule has 5 nitrogen and oxygen atoms in total. The molecule has 0 saturated carbocycles. The molecule has 0 saturated heterocycles. The number of hydrogen-bond acceptors (Lipinski definition) is 5. The van der Waals surface area contributed by atoms with Crippen molar-refractivity contribution >= 4 is 11.6 Å². The average Bonchev–Trinajstić information content (AvgIpc) is 2.86. The lowest BCUT2D eigenvalue weighted by atomic mass is 10.1. The molecule has 0 fully saturated rings. The number of hydrogen-bond donors (Lipinski definition) is 1. The van der Waals surface area contributed by atoms with Crippen LogP contribution in [0.1, 0.15) is 33.6 Å². The first-order valence-corrected chi connectivity index (χ1v) is 9.33. The summed E-state index contributed by atoms with van der Waals surface area (Å²) in [5, 5.41) is 6.66. The van der Waals surface area contributed by atoms with Gasteiger partial charge in [-0.3, -0.25) is 4.79 Å². The molecule has 0 amide bonds. The van der Waals surface area contributed by atoms with Crippen LogP contribution in [0.25, 0.3) is 23.0 Å². The van der Waals surface area contributed by atoms with Crippen molar-refractivity contribution in [1.29, 1.82) is 0 Å². The molecule has 3 rings (SSSR count). The first-order valence-electron chi connectivity index (χ1n) is 9.33. The lowest BCUT2D eigenvalue weighted by Gasteiger charge is -2.07. The number of benzene rings is 1. The Morgan fingerprint density at radius 3 is 2.44 bits per heavy atom. The van der Waals surface area contributed by atoms with Crippen molar-refractivity contribution in [3.63, 3.8) is 0 Å². The molecular weight excluding hydrogens is 340 g/mol. The Labute approximate surface area is 159 Å². The van der Waals surface area contributed by atoms with Crippen molar-refractivity contribution in [1.82, 2.24) is 5.32 Å². The molecule has 2 aromatic rings. The van der Waals surface area contributed by atoms with Crippen LogP contribution in [0, 0.1) is 4.91 Å². The third kappa shape index (κ3) is 5.11. The van der Waals surface area contributed by atoms with Crippen LogP contribution in [0.15, 0.2) is 62.6 Å². The number of allylic oxidation sites excluding steroid dienone is 1. The largest absolute Gasteiger partial charge is 0.456 e. The second kappa shape index (κ2) is 10.4. The fourth-order valence-corrected chi connectivity index (χ4v) is 2.75. The van der Waals surface area contributed by atoms with Crippen molar-refractivity contribution in [2.45, 2.75) is 33.6 Å². The minimum Gasteiger partial charge on any atom is -0.456 e. The quantitative estimate of drug-likeness (QED) is 0.824. The van der Waals surface area contributed by atoms with E-state index in [9.17, 15) is 9.70 Å². The van der Waals surface area contributed by atoms with Crippen LogP contribution in [0.5, 0.6) is 0 Å². The van der Waals surface area contributed by atoms with Gasteiger partial charge in [-0.05, 0) is 24.2 Å². The van der Waals surface area contributed by atoms with Gasteiger partial charge in [0.1, 0.15) is 16.9 Å². The highest BCUT2D eigenvalue weighted by Gasteiger charge is 2.14. The zero-order chi connectivity index (χ0) is 19.6. The van der Waals surface area contributed by atoms with Crippen molar-refractivity contribution in [3.05, 3.63) is 73.9 Å². The molecule has 27 heavy (non-hydrogen) atoms. The SMILES string of the molecule is CCC.CCNCC1=c2c(=O)cc(-c3ccccc3)oc2=CCC=C1N=O. The van der Waals surface area contributed by atoms with E-state index >= 15 is 0 Å². The summed E-state index contributed by atoms with van der Waals surface area (Å²) in [7, 11) is 0. The summed E-state index contributed by atoms with van der Waals surface area (Å²) < 4.78 is 5.97. The van der Waals surface area contributed by atoms with E-state index in [2.05, 4.69) is 24.3 Å². The van der Waals surface area contributed by atoms with Gasteiger partial charge in [0.25, 0.3) is 0 Å². The smallest absolute Gasteiger partial charge is 0.193 e. The second-order valence-electron chi connectivity index (χ2n) is 6.17. The molecule has 0 bridgehead atoms. The van der Waals surface area contributed by atoms with Crippen molar-refractivity contribution in [2.24, 2.45) is 5.18 Å². The molecule has 5 heteroatoms. The van der Waals surface area contributed by atoms with Gasteiger partial charge in [0.15, 0.2) is 5.43 Å². The van der Waals surface area contributed by atoms with Crippen LogP contribution in [0.4, 0.5) is 0 Å². The van der Waals surface area contributed by atoms with Crippen LogP contribution in [-0.4, -0.2) is 13.1 Å². The van der Waals surface area contributed by atoms with E-state index in [1.165, 1.54) is 12.5 Å². The van der Waals surface area contributed by atoms with Crippen LogP contribution in [0.3, 0.4) is 0 Å². The number of nitroso groups, excluding NO2 is 1. The normalized spacial score (nSPS) is 12.7. The number of rotatable bonds is 5. The molecule has 0 atom stereocenters. The molecule has 142 valence electrons. The molecule has 0 spiro atoms. The average molecular weight is 366 g/mol. The van der Waals surface area contributed by atoms with Gasteiger partial charge in [0, 0.05) is 23.7 Å². The molecule has 1 N–H and O–H groups in total. The zero-order valence-corrected chi connectivity index (χ0v) is 16.1. The number of nitrogens with one attached hydrogen (secondary N) is 1. The van der Waals surface area contributed by atoms with E-state index < -0.39 is 0 Å². The van der Waals surface area contributed by atoms with E-state index in [-0.39, 0.29) is 5.43 Å². The summed E-state index contributed by atoms with van der Waals surface area (Å²) in [5.41, 5.74) is 2.04. The summed E-state index contributed by atoms with van der Waals surface area (Å²) in [6.07, 6.45) is 5.27. The van der Waals surface area contributed by atoms with Crippen LogP contribution in [0.2, 0.25) is 0 Å². The molecule has 1 aliphatic rings. The van der Waals surface area contributed by atoms with E-state index in [0.717, 1.165) is 12.1 Å². The van der Waals surface area contributed by atoms with Crippen LogP contribution in [-0.2, 0) is 0 Å². The predicted molar refractivity (Wildman–Crippen MR) is 111 cm³/mol. The summed E-state index contributed by atoms with van der Waals surface area (Å²) in [6, 6.07) is 10.9. The minimum absolute atomic E-state index is 0.171. The van der Waals surface area contributed by atoms with Gasteiger partial charge in [0.05, 0.1) is 5.22 Å². The predicted octanol–water partition coefficient (Wildman–Crippen LogP) is 3.32. The summed E-state index contributed by atoms with van der Waals surface area (Å²) in [5.74, 6) is 0.515. The highest BCUT2D eigenvalue weighted by Crippen LogP contribution is 2.16. The highest BCUT2D eigenvalue weighted by atomic mass is 16.3. The van der Waals surface area contributed by atoms with Gasteiger partial charge in [-0.1, -0.05) is 63.6 Å². The Morgan fingerprint density at radius 2 is 1.81 bits per heavy atom. The monoisotopic (exact) mass is 366 g/mol. The van der Waals surface area contributed by atoms with Crippen molar-refractivity contribution in [3.8, 4) is 11.3 Å². The number of nitrogens with zero attached hydrogens (tertiary/aromatic N) is 1. The van der Waals surface area contributed by atoms with E-state index in [1.807, 2.05) is 43.3 Å². The second-order valence-corrected chi connectivity index (χ2v) is 6.17. The van der Waals surface area contributed by atoms with E-state index in [4.69, 9.17) is 4.42 Å². The fourth-order valence-electron chi connectivity index (χ4n) is 2.75. The van der Waals surface area contributed by atoms with Crippen LogP contribution >= 0.6 is 0 Å². The van der Waals surface area contributed by atoms with Gasteiger partial charge in [0.2, 0.25) is 0 Å². The maximum absolute atomic E-state index is 12.7. The van der Waals surface area contributed by atoms with Gasteiger partial charge in [-0.15, -0.1) is 4.91 Å². The maximum Gasteiger partial charge on any atom is 0.193 e. The van der Waals surface area contributed by atoms with E-state index in [0.29, 0.717) is 40.6 Å². The standard InChI is InChI=1S/C19H18N2O3.C3H8/c1-2-20-12-14-15(21-23)9-6-10-17-19(14)16(22)11-18(24-17)13-7-4-3-5-8-13;1-3-2/h3-5,7-11,20H,2,6,12H2,1H3;3H2,1-2H3. The molecule has 1 aromatic heterocycles. The molecule has 0 unspecified atom stereocenters. The fraction of sp³-hybridized carbons (Fsp3) is 0.318. The summed E-state index contributed by atoms with van der Waals surface area (Å²) in [6.45, 7) is 7.33. The molecule has 1 aliphatic carbocycles. The van der Waals surface area contributed by atoms with Crippen molar-refractivity contribution < 1.29 is 4.42 Å².